The van der Waals surface area contributed by atoms with Crippen molar-refractivity contribution in [3.8, 4) is 22.5 Å². The van der Waals surface area contributed by atoms with Crippen molar-refractivity contribution >= 4 is 29.0 Å². The molecule has 0 saturated carbocycles. The van der Waals surface area contributed by atoms with E-state index in [1.54, 1.807) is 11.3 Å². The molecule has 0 bridgehead atoms. The Kier molecular flexibility index (Phi) is 6.51. The Balaban J connectivity index is 1.52. The molecule has 0 aliphatic heterocycles. The van der Waals surface area contributed by atoms with E-state index < -0.39 is 0 Å². The zero-order valence-electron chi connectivity index (χ0n) is 16.4. The van der Waals surface area contributed by atoms with Crippen molar-refractivity contribution in [2.24, 2.45) is 0 Å². The molecule has 0 spiro atoms. The first-order valence-electron chi connectivity index (χ1n) is 9.52. The van der Waals surface area contributed by atoms with Gasteiger partial charge in [-0.1, -0.05) is 78.5 Å². The summed E-state index contributed by atoms with van der Waals surface area (Å²) in [7, 11) is 0. The van der Waals surface area contributed by atoms with Crippen molar-refractivity contribution < 1.29 is 4.79 Å². The second-order valence-electron chi connectivity index (χ2n) is 6.62. The molecular weight excluding hydrogens is 412 g/mol. The maximum Gasteiger partial charge on any atom is 0.230 e. The molecule has 1 amide bonds. The number of hydrogen-bond donors (Lipinski definition) is 1. The highest BCUT2D eigenvalue weighted by atomic mass is 32.2. The van der Waals surface area contributed by atoms with Gasteiger partial charge in [-0.05, 0) is 18.4 Å². The molecule has 5 nitrogen and oxygen atoms in total. The Morgan fingerprint density at radius 2 is 1.60 bits per heavy atom. The van der Waals surface area contributed by atoms with Crippen molar-refractivity contribution in [1.29, 1.82) is 0 Å². The van der Waals surface area contributed by atoms with Crippen molar-refractivity contribution in [2.75, 3.05) is 5.75 Å². The smallest absolute Gasteiger partial charge is 0.230 e. The van der Waals surface area contributed by atoms with Crippen LogP contribution in [0.25, 0.3) is 22.5 Å². The molecule has 0 radical (unpaired) electrons. The number of nitrogens with zero attached hydrogens (tertiary/aromatic N) is 3. The molecule has 30 heavy (non-hydrogen) atoms. The van der Waals surface area contributed by atoms with Gasteiger partial charge in [0.05, 0.1) is 11.8 Å². The number of amides is 1. The predicted molar refractivity (Wildman–Crippen MR) is 122 cm³/mol. The molecule has 7 heteroatoms. The van der Waals surface area contributed by atoms with Gasteiger partial charge in [0.25, 0.3) is 0 Å². The quantitative estimate of drug-likeness (QED) is 0.405. The summed E-state index contributed by atoms with van der Waals surface area (Å²) >= 11 is 2.92. The van der Waals surface area contributed by atoms with Gasteiger partial charge in [-0.3, -0.25) is 4.79 Å². The molecule has 0 unspecified atom stereocenters. The Morgan fingerprint density at radius 3 is 2.23 bits per heavy atom. The fourth-order valence-electron chi connectivity index (χ4n) is 2.98. The highest BCUT2D eigenvalue weighted by molar-refractivity contribution is 7.99. The number of aromatic nitrogens is 3. The van der Waals surface area contributed by atoms with Crippen LogP contribution in [0.15, 0.2) is 83.3 Å². The van der Waals surface area contributed by atoms with E-state index in [2.05, 4.69) is 15.5 Å². The third-order valence-corrected chi connectivity index (χ3v) is 6.33. The first-order chi connectivity index (χ1) is 14.7. The molecule has 150 valence electrons. The highest BCUT2D eigenvalue weighted by Crippen LogP contribution is 2.29. The summed E-state index contributed by atoms with van der Waals surface area (Å²) in [4.78, 5) is 18.2. The van der Waals surface area contributed by atoms with Gasteiger partial charge in [0, 0.05) is 16.0 Å². The van der Waals surface area contributed by atoms with Gasteiger partial charge in [0.2, 0.25) is 11.1 Å². The number of benzene rings is 2. The molecule has 0 aliphatic rings. The molecule has 2 aromatic carbocycles. The summed E-state index contributed by atoms with van der Waals surface area (Å²) in [5, 5.41) is 14.2. The SMILES string of the molecule is C[C@H](NC(=O)CSc1nnc(-c2ccccc2)c(-c2ccccc2)n1)c1cccs1. The summed E-state index contributed by atoms with van der Waals surface area (Å²) < 4.78 is 0. The van der Waals surface area contributed by atoms with Crippen molar-refractivity contribution in [1.82, 2.24) is 20.5 Å². The second-order valence-corrected chi connectivity index (χ2v) is 8.54. The van der Waals surface area contributed by atoms with E-state index in [0.717, 1.165) is 27.4 Å². The summed E-state index contributed by atoms with van der Waals surface area (Å²) in [6.45, 7) is 1.98. The van der Waals surface area contributed by atoms with Crippen LogP contribution in [-0.4, -0.2) is 26.8 Å². The molecule has 4 aromatic rings. The van der Waals surface area contributed by atoms with Crippen LogP contribution in [0.5, 0.6) is 0 Å². The van der Waals surface area contributed by atoms with Crippen LogP contribution in [0.2, 0.25) is 0 Å². The summed E-state index contributed by atoms with van der Waals surface area (Å²) in [6.07, 6.45) is 0. The highest BCUT2D eigenvalue weighted by Gasteiger charge is 2.15. The van der Waals surface area contributed by atoms with Crippen LogP contribution in [0.1, 0.15) is 17.8 Å². The molecule has 0 fully saturated rings. The van der Waals surface area contributed by atoms with Gasteiger partial charge >= 0.3 is 0 Å². The van der Waals surface area contributed by atoms with Crippen LogP contribution in [0, 0.1) is 0 Å². The van der Waals surface area contributed by atoms with Gasteiger partial charge in [-0.25, -0.2) is 4.98 Å². The zero-order chi connectivity index (χ0) is 20.8. The lowest BCUT2D eigenvalue weighted by atomic mass is 10.0. The summed E-state index contributed by atoms with van der Waals surface area (Å²) in [5.41, 5.74) is 3.40. The largest absolute Gasteiger partial charge is 0.348 e. The van der Waals surface area contributed by atoms with Crippen molar-refractivity contribution in [3.05, 3.63) is 83.1 Å². The lowest BCUT2D eigenvalue weighted by Gasteiger charge is -2.12. The van der Waals surface area contributed by atoms with Crippen LogP contribution >= 0.6 is 23.1 Å². The maximum atomic E-state index is 12.4. The summed E-state index contributed by atoms with van der Waals surface area (Å²) in [6, 6.07) is 23.8. The zero-order valence-corrected chi connectivity index (χ0v) is 18.0. The standard InChI is InChI=1S/C23H20N4OS2/c1-16(19-13-8-14-29-19)24-20(28)15-30-23-25-21(17-9-4-2-5-10-17)22(26-27-23)18-11-6-3-7-12-18/h2-14,16H,15H2,1H3,(H,24,28)/t16-/m0/s1. The van der Waals surface area contributed by atoms with Crippen molar-refractivity contribution in [3.63, 3.8) is 0 Å². The number of thiophene rings is 1. The first-order valence-corrected chi connectivity index (χ1v) is 11.4. The van der Waals surface area contributed by atoms with E-state index in [0.29, 0.717) is 5.16 Å². The number of thioether (sulfide) groups is 1. The predicted octanol–water partition coefficient (Wildman–Crippen LogP) is 5.24. The molecule has 0 saturated heterocycles. The third-order valence-electron chi connectivity index (χ3n) is 4.44. The van der Waals surface area contributed by atoms with Crippen LogP contribution in [0.3, 0.4) is 0 Å². The molecule has 2 aromatic heterocycles. The van der Waals surface area contributed by atoms with Gasteiger partial charge in [-0.2, -0.15) is 0 Å². The molecular formula is C23H20N4OS2. The fourth-order valence-corrected chi connectivity index (χ4v) is 4.31. The first kappa shape index (κ1) is 20.3. The molecule has 2 heterocycles. The average Bonchev–Trinajstić information content (AvgIpc) is 3.34. The molecule has 0 aliphatic carbocycles. The van der Waals surface area contributed by atoms with Gasteiger partial charge in [0.15, 0.2) is 0 Å². The monoisotopic (exact) mass is 432 g/mol. The third kappa shape index (κ3) is 4.93. The Morgan fingerprint density at radius 1 is 0.933 bits per heavy atom. The minimum absolute atomic E-state index is 0.0162. The van der Waals surface area contributed by atoms with Crippen LogP contribution < -0.4 is 5.32 Å². The molecule has 4 rings (SSSR count). The van der Waals surface area contributed by atoms with E-state index in [-0.39, 0.29) is 17.7 Å². The Labute approximate surface area is 183 Å². The van der Waals surface area contributed by atoms with Gasteiger partial charge < -0.3 is 5.32 Å². The lowest BCUT2D eigenvalue weighted by Crippen LogP contribution is -2.27. The number of carbonyl (C=O) groups is 1. The second kappa shape index (κ2) is 9.65. The maximum absolute atomic E-state index is 12.4. The number of rotatable bonds is 7. The van der Waals surface area contributed by atoms with Crippen LogP contribution in [-0.2, 0) is 4.79 Å². The van der Waals surface area contributed by atoms with E-state index >= 15 is 0 Å². The number of carbonyl (C=O) groups excluding carboxylic acids is 1. The number of hydrogen-bond acceptors (Lipinski definition) is 6. The lowest BCUT2D eigenvalue weighted by molar-refractivity contribution is -0.119. The minimum atomic E-state index is -0.0575. The van der Waals surface area contributed by atoms with Crippen molar-refractivity contribution in [2.45, 2.75) is 18.1 Å². The minimum Gasteiger partial charge on any atom is -0.348 e. The Bertz CT molecular complexity index is 1100. The van der Waals surface area contributed by atoms with Gasteiger partial charge in [0.1, 0.15) is 11.4 Å². The number of nitrogens with one attached hydrogen (secondary N) is 1. The van der Waals surface area contributed by atoms with Crippen LogP contribution in [0.4, 0.5) is 0 Å². The van der Waals surface area contributed by atoms with E-state index in [4.69, 9.17) is 4.98 Å². The summed E-state index contributed by atoms with van der Waals surface area (Å²) in [5.74, 6) is 0.175. The normalized spacial score (nSPS) is 11.8. The fraction of sp³-hybridized carbons (Fsp3) is 0.130. The van der Waals surface area contributed by atoms with E-state index in [1.165, 1.54) is 11.8 Å². The Hall–Kier alpha value is -3.03. The molecule has 1 atom stereocenters. The average molecular weight is 433 g/mol. The van der Waals surface area contributed by atoms with Gasteiger partial charge in [-0.15, -0.1) is 21.5 Å². The van der Waals surface area contributed by atoms with E-state index in [9.17, 15) is 4.79 Å². The van der Waals surface area contributed by atoms with E-state index in [1.807, 2.05) is 85.1 Å². The topological polar surface area (TPSA) is 67.8 Å². The molecule has 1 N–H and O–H groups in total.